The summed E-state index contributed by atoms with van der Waals surface area (Å²) in [6.45, 7) is 5.53. The van der Waals surface area contributed by atoms with E-state index in [1.165, 1.54) is 35.7 Å². The van der Waals surface area contributed by atoms with Crippen LogP contribution in [0.2, 0.25) is 0 Å². The number of anilines is 3. The Morgan fingerprint density at radius 1 is 1.19 bits per heavy atom. The van der Waals surface area contributed by atoms with Crippen LogP contribution in [0.25, 0.3) is 11.0 Å². The van der Waals surface area contributed by atoms with Gasteiger partial charge in [0.1, 0.15) is 17.2 Å². The van der Waals surface area contributed by atoms with Crippen molar-refractivity contribution >= 4 is 38.2 Å². The Morgan fingerprint density at radius 2 is 1.92 bits per heavy atom. The molecule has 1 aliphatic rings. The van der Waals surface area contributed by atoms with Crippen LogP contribution in [-0.2, 0) is 20.9 Å². The number of ether oxygens (including phenoxy) is 2. The Balaban J connectivity index is 1.69. The second kappa shape index (κ2) is 10.1. The number of fused-ring (bicyclic) bond motifs is 1. The summed E-state index contributed by atoms with van der Waals surface area (Å²) >= 11 is 0. The zero-order valence-electron chi connectivity index (χ0n) is 20.1. The lowest BCUT2D eigenvalue weighted by Crippen LogP contribution is -2.40. The molecule has 3 aromatic rings. The maximum atomic E-state index is 13.6. The number of methoxy groups -OCH3 is 1. The van der Waals surface area contributed by atoms with Gasteiger partial charge in [-0.1, -0.05) is 13.8 Å². The van der Waals surface area contributed by atoms with Crippen LogP contribution in [0, 0.1) is 5.92 Å². The summed E-state index contributed by atoms with van der Waals surface area (Å²) in [5.41, 5.74) is -0.0694. The summed E-state index contributed by atoms with van der Waals surface area (Å²) in [6.07, 6.45) is -3.65. The number of morpholine rings is 1. The van der Waals surface area contributed by atoms with Gasteiger partial charge in [-0.15, -0.1) is 0 Å². The lowest BCUT2D eigenvalue weighted by molar-refractivity contribution is -0.136. The first-order valence-electron chi connectivity index (χ1n) is 11.4. The molecule has 0 atom stereocenters. The maximum Gasteiger partial charge on any atom is 0.418 e. The lowest BCUT2D eigenvalue weighted by Gasteiger charge is -2.26. The predicted octanol–water partition coefficient (Wildman–Crippen LogP) is 4.42. The Hall–Kier alpha value is -3.03. The van der Waals surface area contributed by atoms with Crippen LogP contribution in [0.3, 0.4) is 0 Å². The van der Waals surface area contributed by atoms with E-state index in [2.05, 4.69) is 20.6 Å². The highest BCUT2D eigenvalue weighted by Gasteiger charge is 2.35. The van der Waals surface area contributed by atoms with Gasteiger partial charge in [-0.05, 0) is 18.1 Å². The number of halogens is 3. The zero-order chi connectivity index (χ0) is 26.1. The van der Waals surface area contributed by atoms with Gasteiger partial charge in [0.15, 0.2) is 0 Å². The van der Waals surface area contributed by atoms with E-state index in [4.69, 9.17) is 9.47 Å². The average Bonchev–Trinajstić information content (AvgIpc) is 3.28. The number of alkyl halides is 3. The topological polar surface area (TPSA) is 109 Å². The van der Waals surface area contributed by atoms with Gasteiger partial charge in [0.25, 0.3) is 0 Å². The van der Waals surface area contributed by atoms with Crippen LogP contribution in [0.15, 0.2) is 35.4 Å². The van der Waals surface area contributed by atoms with Gasteiger partial charge in [-0.2, -0.15) is 17.5 Å². The molecule has 0 aliphatic carbocycles. The second-order valence-electron chi connectivity index (χ2n) is 8.76. The van der Waals surface area contributed by atoms with Gasteiger partial charge < -0.3 is 25.1 Å². The van der Waals surface area contributed by atoms with E-state index in [9.17, 15) is 21.6 Å². The Kier molecular flexibility index (Phi) is 7.34. The molecule has 3 heterocycles. The van der Waals surface area contributed by atoms with Gasteiger partial charge >= 0.3 is 6.18 Å². The third-order valence-corrected chi connectivity index (χ3v) is 7.59. The Labute approximate surface area is 207 Å². The lowest BCUT2D eigenvalue weighted by atomic mass is 10.1. The van der Waals surface area contributed by atoms with Crippen LogP contribution < -0.4 is 15.4 Å². The van der Waals surface area contributed by atoms with Crippen molar-refractivity contribution in [2.24, 2.45) is 5.92 Å². The number of hydrogen-bond acceptors (Lipinski definition) is 7. The molecule has 0 bridgehead atoms. The molecule has 2 aromatic heterocycles. The molecule has 0 unspecified atom stereocenters. The second-order valence-corrected chi connectivity index (χ2v) is 10.7. The predicted molar refractivity (Wildman–Crippen MR) is 130 cm³/mol. The van der Waals surface area contributed by atoms with E-state index in [0.717, 1.165) is 6.20 Å². The molecule has 36 heavy (non-hydrogen) atoms. The summed E-state index contributed by atoms with van der Waals surface area (Å²) in [6, 6.07) is 5.88. The molecule has 4 rings (SSSR count). The van der Waals surface area contributed by atoms with Crippen molar-refractivity contribution in [3.63, 3.8) is 0 Å². The highest BCUT2D eigenvalue weighted by atomic mass is 32.2. The molecule has 0 spiro atoms. The van der Waals surface area contributed by atoms with E-state index in [-0.39, 0.29) is 52.2 Å². The largest absolute Gasteiger partial charge is 0.495 e. The average molecular weight is 528 g/mol. The van der Waals surface area contributed by atoms with Crippen molar-refractivity contribution in [1.82, 2.24) is 14.3 Å². The normalized spacial score (nSPS) is 15.4. The SMILES string of the molecule is COc1cc(S(=O)(=O)N2CCOCC2)ccc1Nc1cc(NCC(C)C)c2c(C(F)(F)F)c[nH]c2n1. The number of aromatic nitrogens is 2. The number of sulfonamides is 1. The third-order valence-electron chi connectivity index (χ3n) is 5.69. The number of nitrogens with one attached hydrogen (secondary N) is 3. The Morgan fingerprint density at radius 3 is 2.56 bits per heavy atom. The third kappa shape index (κ3) is 5.37. The number of H-pyrrole nitrogens is 1. The fourth-order valence-electron chi connectivity index (χ4n) is 3.89. The number of pyridine rings is 1. The molecule has 13 heteroatoms. The van der Waals surface area contributed by atoms with Gasteiger partial charge in [0, 0.05) is 43.7 Å². The van der Waals surface area contributed by atoms with E-state index in [1.54, 1.807) is 0 Å². The summed E-state index contributed by atoms with van der Waals surface area (Å²) in [4.78, 5) is 6.98. The number of aromatic amines is 1. The van der Waals surface area contributed by atoms with E-state index in [1.807, 2.05) is 13.8 Å². The summed E-state index contributed by atoms with van der Waals surface area (Å²) in [5, 5.41) is 6.08. The van der Waals surface area contributed by atoms with Crippen molar-refractivity contribution in [3.8, 4) is 5.75 Å². The minimum absolute atomic E-state index is 0.0485. The van der Waals surface area contributed by atoms with Crippen LogP contribution in [0.1, 0.15) is 19.4 Å². The number of nitrogens with zero attached hydrogens (tertiary/aromatic N) is 2. The minimum Gasteiger partial charge on any atom is -0.495 e. The fourth-order valence-corrected chi connectivity index (χ4v) is 5.31. The molecule has 196 valence electrons. The van der Waals surface area contributed by atoms with Crippen LogP contribution in [0.5, 0.6) is 5.75 Å². The molecule has 1 fully saturated rings. The highest BCUT2D eigenvalue weighted by Crippen LogP contribution is 2.39. The number of hydrogen-bond donors (Lipinski definition) is 3. The van der Waals surface area contributed by atoms with Crippen molar-refractivity contribution < 1.29 is 31.1 Å². The standard InChI is InChI=1S/C23H28F3N5O4S/c1-14(2)12-27-18-11-20(30-22-21(18)16(13-28-22)23(24,25)26)29-17-5-4-15(10-19(17)34-3)36(32,33)31-6-8-35-9-7-31/h4-5,10-11,13-14H,6-9,12H2,1-3H3,(H3,27,28,29,30). The van der Waals surface area contributed by atoms with Crippen LogP contribution in [-0.4, -0.2) is 62.6 Å². The molecule has 3 N–H and O–H groups in total. The fraction of sp³-hybridized carbons (Fsp3) is 0.435. The molecule has 0 amide bonds. The maximum absolute atomic E-state index is 13.6. The van der Waals surface area contributed by atoms with E-state index in [0.29, 0.717) is 25.4 Å². The first kappa shape index (κ1) is 26.0. The summed E-state index contributed by atoms with van der Waals surface area (Å²) < 4.78 is 78.7. The number of benzene rings is 1. The highest BCUT2D eigenvalue weighted by molar-refractivity contribution is 7.89. The molecule has 0 radical (unpaired) electrons. The molecular weight excluding hydrogens is 499 g/mol. The molecular formula is C23H28F3N5O4S. The first-order valence-corrected chi connectivity index (χ1v) is 12.8. The first-order chi connectivity index (χ1) is 17.0. The quantitative estimate of drug-likeness (QED) is 0.398. The van der Waals surface area contributed by atoms with Crippen LogP contribution >= 0.6 is 0 Å². The van der Waals surface area contributed by atoms with Crippen LogP contribution in [0.4, 0.5) is 30.4 Å². The summed E-state index contributed by atoms with van der Waals surface area (Å²) in [5.74, 6) is 0.691. The smallest absolute Gasteiger partial charge is 0.418 e. The zero-order valence-corrected chi connectivity index (χ0v) is 20.9. The minimum atomic E-state index is -4.55. The summed E-state index contributed by atoms with van der Waals surface area (Å²) in [7, 11) is -2.34. The van der Waals surface area contributed by atoms with E-state index >= 15 is 0 Å². The molecule has 9 nitrogen and oxygen atoms in total. The van der Waals surface area contributed by atoms with Gasteiger partial charge in [-0.3, -0.25) is 0 Å². The van der Waals surface area contributed by atoms with Crippen molar-refractivity contribution in [3.05, 3.63) is 36.0 Å². The van der Waals surface area contributed by atoms with Crippen molar-refractivity contribution in [2.75, 3.05) is 50.6 Å². The van der Waals surface area contributed by atoms with Gasteiger partial charge in [0.2, 0.25) is 10.0 Å². The number of rotatable bonds is 8. The molecule has 0 saturated carbocycles. The van der Waals surface area contributed by atoms with Crippen molar-refractivity contribution in [1.29, 1.82) is 0 Å². The van der Waals surface area contributed by atoms with E-state index < -0.39 is 21.8 Å². The molecule has 1 aliphatic heterocycles. The molecule has 1 aromatic carbocycles. The molecule has 1 saturated heterocycles. The van der Waals surface area contributed by atoms with Gasteiger partial charge in [0.05, 0.1) is 41.9 Å². The monoisotopic (exact) mass is 527 g/mol. The van der Waals surface area contributed by atoms with Gasteiger partial charge in [-0.25, -0.2) is 13.4 Å². The Bertz CT molecular complexity index is 1340. The van der Waals surface area contributed by atoms with Crippen molar-refractivity contribution in [2.45, 2.75) is 24.9 Å².